The molecule has 61 heavy (non-hydrogen) atoms. The van der Waals surface area contributed by atoms with Crippen LogP contribution in [-0.4, -0.2) is 38.8 Å². The largest absolute Gasteiger partial charge is 0.488 e. The van der Waals surface area contributed by atoms with Gasteiger partial charge < -0.3 is 28.8 Å². The third-order valence-electron chi connectivity index (χ3n) is 10.2. The fraction of sp³-hybridized carbons (Fsp3) is 0.229. The lowest BCUT2D eigenvalue weighted by molar-refractivity contribution is -0.113. The molecule has 1 atom stereocenters. The van der Waals surface area contributed by atoms with Crippen LogP contribution in [0.15, 0.2) is 110 Å². The first-order valence-corrected chi connectivity index (χ1v) is 20.4. The lowest BCUT2D eigenvalue weighted by Crippen LogP contribution is -2.39. The van der Waals surface area contributed by atoms with Crippen molar-refractivity contribution in [3.05, 3.63) is 164 Å². The van der Waals surface area contributed by atoms with Crippen molar-refractivity contribution in [1.82, 2.24) is 14.9 Å². The highest BCUT2D eigenvalue weighted by Crippen LogP contribution is 2.37. The highest BCUT2D eigenvalue weighted by Gasteiger charge is 2.24. The third kappa shape index (κ3) is 11.2. The van der Waals surface area contributed by atoms with Crippen LogP contribution in [0.5, 0.6) is 23.0 Å². The molecule has 3 heterocycles. The van der Waals surface area contributed by atoms with Crippen LogP contribution < -0.4 is 18.9 Å². The van der Waals surface area contributed by atoms with E-state index in [0.717, 1.165) is 65.5 Å². The van der Waals surface area contributed by atoms with E-state index in [1.54, 1.807) is 42.7 Å². The van der Waals surface area contributed by atoms with Gasteiger partial charge in [0.25, 0.3) is 0 Å². The van der Waals surface area contributed by atoms with Gasteiger partial charge in [-0.05, 0) is 78.0 Å². The van der Waals surface area contributed by atoms with Crippen molar-refractivity contribution in [2.75, 3.05) is 6.54 Å². The summed E-state index contributed by atoms with van der Waals surface area (Å²) < 4.78 is 24.8. The van der Waals surface area contributed by atoms with E-state index in [0.29, 0.717) is 61.8 Å². The summed E-state index contributed by atoms with van der Waals surface area (Å²) in [6.45, 7) is 1.76. The van der Waals surface area contributed by atoms with E-state index in [1.165, 1.54) is 12.4 Å². The molecule has 0 spiro atoms. The van der Waals surface area contributed by atoms with Crippen molar-refractivity contribution in [3.63, 3.8) is 0 Å². The summed E-state index contributed by atoms with van der Waals surface area (Å²) in [4.78, 5) is 22.3. The summed E-state index contributed by atoms with van der Waals surface area (Å²) in [5.41, 5.74) is 7.42. The Morgan fingerprint density at radius 3 is 1.69 bits per heavy atom. The zero-order valence-electron chi connectivity index (χ0n) is 33.1. The predicted octanol–water partition coefficient (Wildman–Crippen LogP) is 9.56. The van der Waals surface area contributed by atoms with E-state index in [-0.39, 0.29) is 39.1 Å². The second kappa shape index (κ2) is 20.7. The molecule has 0 amide bonds. The smallest absolute Gasteiger partial charge is 0.142 e. The van der Waals surface area contributed by atoms with Gasteiger partial charge in [0.15, 0.2) is 0 Å². The number of aliphatic hydroxyl groups is 1. The summed E-state index contributed by atoms with van der Waals surface area (Å²) in [5, 5.41) is 29.3. The molecule has 1 aliphatic heterocycles. The van der Waals surface area contributed by atoms with Crippen molar-refractivity contribution >= 4 is 29.5 Å². The molecule has 1 aliphatic rings. The second-order valence-electron chi connectivity index (χ2n) is 14.6. The van der Waals surface area contributed by atoms with Gasteiger partial charge in [-0.1, -0.05) is 66.0 Å². The van der Waals surface area contributed by atoms with Crippen LogP contribution in [0, 0.1) is 22.7 Å². The molecule has 1 N–H and O–H groups in total. The Morgan fingerprint density at radius 1 is 0.656 bits per heavy atom. The van der Waals surface area contributed by atoms with Gasteiger partial charge in [-0.25, -0.2) is 0 Å². The molecular formula is C48H41Cl2N5O6. The number of aromatic nitrogens is 2. The standard InChI is InChI=1S/C48H41Cl2N5O6/c49-43-15-40(25-55-10-2-1-9-42(55)27-57)45(58-30-36-11-34(19-51)21-53-23-36)17-47(43)60-28-32-5-3-7-38(13-32)39-8-4-6-33(14-39)29-61-48-18-46(41(26-56)16-44(48)50)59-31-37-12-35(20-52)22-54-24-37/h3-8,11-18,21-24,27,42,56H,1-2,9-10,25-26,28-31H2/t42-/m0/s1. The number of piperidine rings is 1. The van der Waals surface area contributed by atoms with E-state index >= 15 is 0 Å². The van der Waals surface area contributed by atoms with Crippen LogP contribution >= 0.6 is 23.2 Å². The van der Waals surface area contributed by atoms with Gasteiger partial charge in [-0.15, -0.1) is 0 Å². The van der Waals surface area contributed by atoms with Gasteiger partial charge in [0.05, 0.1) is 33.8 Å². The van der Waals surface area contributed by atoms with Crippen molar-refractivity contribution in [2.24, 2.45) is 0 Å². The Hall–Kier alpha value is -6.47. The van der Waals surface area contributed by atoms with Crippen molar-refractivity contribution in [3.8, 4) is 46.3 Å². The normalized spacial score (nSPS) is 13.8. The minimum Gasteiger partial charge on any atom is -0.488 e. The molecule has 0 radical (unpaired) electrons. The molecule has 1 saturated heterocycles. The molecule has 7 rings (SSSR count). The second-order valence-corrected chi connectivity index (χ2v) is 15.4. The summed E-state index contributed by atoms with van der Waals surface area (Å²) in [5.74, 6) is 1.82. The monoisotopic (exact) mass is 853 g/mol. The average molecular weight is 855 g/mol. The Kier molecular flexibility index (Phi) is 14.5. The highest BCUT2D eigenvalue weighted by molar-refractivity contribution is 6.32. The maximum absolute atomic E-state index is 11.9. The molecular weight excluding hydrogens is 813 g/mol. The van der Waals surface area contributed by atoms with E-state index in [4.69, 9.17) is 42.1 Å². The molecule has 0 aliphatic carbocycles. The van der Waals surface area contributed by atoms with E-state index in [9.17, 15) is 20.4 Å². The molecule has 0 saturated carbocycles. The van der Waals surface area contributed by atoms with E-state index in [1.807, 2.05) is 48.5 Å². The number of benzene rings is 4. The number of nitriles is 2. The number of nitrogens with zero attached hydrogens (tertiary/aromatic N) is 5. The van der Waals surface area contributed by atoms with Crippen LogP contribution in [0.2, 0.25) is 10.0 Å². The van der Waals surface area contributed by atoms with Gasteiger partial charge >= 0.3 is 0 Å². The summed E-state index contributed by atoms with van der Waals surface area (Å²) >= 11 is 13.4. The number of aldehydes is 1. The molecule has 308 valence electrons. The number of halogens is 2. The van der Waals surface area contributed by atoms with Crippen LogP contribution in [0.25, 0.3) is 11.1 Å². The maximum Gasteiger partial charge on any atom is 0.142 e. The Bertz CT molecular complexity index is 2590. The minimum absolute atomic E-state index is 0.138. The Balaban J connectivity index is 1.03. The zero-order valence-corrected chi connectivity index (χ0v) is 34.6. The van der Waals surface area contributed by atoms with Crippen molar-refractivity contribution in [2.45, 2.75) is 64.9 Å². The van der Waals surface area contributed by atoms with Crippen LogP contribution in [0.4, 0.5) is 0 Å². The fourth-order valence-electron chi connectivity index (χ4n) is 7.06. The molecule has 11 nitrogen and oxygen atoms in total. The van der Waals surface area contributed by atoms with Gasteiger partial charge in [-0.2, -0.15) is 10.5 Å². The number of likely N-dealkylation sites (tertiary alicyclic amines) is 1. The first-order chi connectivity index (χ1) is 29.8. The third-order valence-corrected chi connectivity index (χ3v) is 10.8. The number of ether oxygens (including phenoxy) is 4. The van der Waals surface area contributed by atoms with Crippen molar-refractivity contribution < 1.29 is 28.8 Å². The summed E-state index contributed by atoms with van der Waals surface area (Å²) in [6, 6.07) is 30.4. The van der Waals surface area contributed by atoms with E-state index in [2.05, 4.69) is 33.1 Å². The predicted molar refractivity (Wildman–Crippen MR) is 230 cm³/mol. The van der Waals surface area contributed by atoms with Crippen LogP contribution in [-0.2, 0) is 44.4 Å². The lowest BCUT2D eigenvalue weighted by Gasteiger charge is -2.32. The molecule has 2 aromatic heterocycles. The number of pyridine rings is 2. The molecule has 6 aromatic rings. The summed E-state index contributed by atoms with van der Waals surface area (Å²) in [6.07, 6.45) is 10.1. The average Bonchev–Trinajstić information content (AvgIpc) is 3.30. The molecule has 0 bridgehead atoms. The molecule has 4 aromatic carbocycles. The number of carbonyl (C=O) groups is 1. The number of rotatable bonds is 17. The number of carbonyl (C=O) groups excluding carboxylic acids is 1. The fourth-order valence-corrected chi connectivity index (χ4v) is 7.54. The zero-order chi connectivity index (χ0) is 42.6. The SMILES string of the molecule is N#Cc1cncc(COc2cc(OCc3cccc(-c4cccc(COc5cc(OCc6cncc(C#N)c6)c(CN6CCCC[C@H]6C=O)cc5Cl)c4)c3)c(Cl)cc2CO)c1. The number of hydrogen-bond acceptors (Lipinski definition) is 11. The number of hydrogen-bond donors (Lipinski definition) is 1. The first-order valence-electron chi connectivity index (χ1n) is 19.6. The van der Waals surface area contributed by atoms with Crippen LogP contribution in [0.3, 0.4) is 0 Å². The topological polar surface area (TPSA) is 151 Å². The van der Waals surface area contributed by atoms with Gasteiger partial charge in [0.2, 0.25) is 0 Å². The molecule has 13 heteroatoms. The summed E-state index contributed by atoms with van der Waals surface area (Å²) in [7, 11) is 0. The highest BCUT2D eigenvalue weighted by atomic mass is 35.5. The van der Waals surface area contributed by atoms with Crippen LogP contribution in [0.1, 0.15) is 63.8 Å². The van der Waals surface area contributed by atoms with E-state index < -0.39 is 0 Å². The Labute approximate surface area is 364 Å². The quantitative estimate of drug-likeness (QED) is 0.0874. The molecule has 1 fully saturated rings. The van der Waals surface area contributed by atoms with Gasteiger partial charge in [-0.3, -0.25) is 14.9 Å². The van der Waals surface area contributed by atoms with Gasteiger partial charge in [0.1, 0.15) is 67.9 Å². The first kappa shape index (κ1) is 42.6. The number of aliphatic hydroxyl groups excluding tert-OH is 1. The Morgan fingerprint density at radius 2 is 1.16 bits per heavy atom. The molecule has 0 unspecified atom stereocenters. The van der Waals surface area contributed by atoms with Gasteiger partial charge in [0, 0.05) is 65.7 Å². The maximum atomic E-state index is 11.9. The van der Waals surface area contributed by atoms with Crippen molar-refractivity contribution in [1.29, 1.82) is 10.5 Å². The lowest BCUT2D eigenvalue weighted by atomic mass is 10.0. The minimum atomic E-state index is -0.284.